The van der Waals surface area contributed by atoms with Crippen molar-refractivity contribution in [1.29, 1.82) is 0 Å². The zero-order valence-corrected chi connectivity index (χ0v) is 21.7. The Morgan fingerprint density at radius 1 is 1.05 bits per heavy atom. The first-order valence-corrected chi connectivity index (χ1v) is 12.9. The molecule has 190 valence electrons. The second-order valence-corrected chi connectivity index (χ2v) is 9.64. The van der Waals surface area contributed by atoms with Gasteiger partial charge in [0.2, 0.25) is 0 Å². The first-order valence-electron chi connectivity index (χ1n) is 12.1. The average molecular weight is 565 g/mol. The Labute approximate surface area is 222 Å². The van der Waals surface area contributed by atoms with Crippen molar-refractivity contribution < 1.29 is 28.6 Å². The summed E-state index contributed by atoms with van der Waals surface area (Å²) in [5.41, 5.74) is 1.59. The predicted octanol–water partition coefficient (Wildman–Crippen LogP) is 5.67. The number of hydrogen-bond donors (Lipinski definition) is 1. The molecule has 3 aromatic rings. The van der Waals surface area contributed by atoms with Crippen LogP contribution < -0.4 is 14.8 Å². The van der Waals surface area contributed by atoms with Crippen molar-refractivity contribution in [2.75, 3.05) is 25.1 Å². The standard InChI is InChI=1S/C28H25BrN2O6/c1-2-35-25-11-8-17(29)13-24(25)26(32)30-18-5-3-6-19(14-18)37-20-9-10-22-23(15-20)28(34)31(27(22)33)16-21-7-4-12-36-21/h3,5-6,8-11,13-15,21H,2,4,7,12,16H2,1H3,(H,30,32). The maximum atomic E-state index is 12.9. The Bertz CT molecular complexity index is 1370. The predicted molar refractivity (Wildman–Crippen MR) is 141 cm³/mol. The lowest BCUT2D eigenvalue weighted by atomic mass is 10.1. The molecule has 1 N–H and O–H groups in total. The minimum Gasteiger partial charge on any atom is -0.493 e. The molecule has 1 unspecified atom stereocenters. The fraction of sp³-hybridized carbons (Fsp3) is 0.250. The van der Waals surface area contributed by atoms with Gasteiger partial charge in [0.15, 0.2) is 0 Å². The van der Waals surface area contributed by atoms with E-state index in [0.717, 1.165) is 17.3 Å². The highest BCUT2D eigenvalue weighted by Crippen LogP contribution is 2.32. The summed E-state index contributed by atoms with van der Waals surface area (Å²) < 4.78 is 17.9. The minimum absolute atomic E-state index is 0.113. The quantitative estimate of drug-likeness (QED) is 0.354. The number of carbonyl (C=O) groups excluding carboxylic acids is 3. The number of halogens is 1. The van der Waals surface area contributed by atoms with Crippen molar-refractivity contribution in [3.05, 3.63) is 81.8 Å². The first kappa shape index (κ1) is 25.0. The normalized spacial score (nSPS) is 16.6. The Morgan fingerprint density at radius 2 is 1.86 bits per heavy atom. The molecule has 0 aromatic heterocycles. The second kappa shape index (κ2) is 10.7. The van der Waals surface area contributed by atoms with Gasteiger partial charge in [-0.15, -0.1) is 0 Å². The molecule has 0 bridgehead atoms. The molecule has 0 aliphatic carbocycles. The first-order chi connectivity index (χ1) is 17.9. The minimum atomic E-state index is -0.346. The highest BCUT2D eigenvalue weighted by molar-refractivity contribution is 9.10. The smallest absolute Gasteiger partial charge is 0.261 e. The number of fused-ring (bicyclic) bond motifs is 1. The molecular formula is C28H25BrN2O6. The van der Waals surface area contributed by atoms with Gasteiger partial charge >= 0.3 is 0 Å². The van der Waals surface area contributed by atoms with Crippen LogP contribution in [0.4, 0.5) is 5.69 Å². The van der Waals surface area contributed by atoms with Gasteiger partial charge in [-0.05, 0) is 68.3 Å². The maximum Gasteiger partial charge on any atom is 0.261 e. The monoisotopic (exact) mass is 564 g/mol. The molecule has 9 heteroatoms. The lowest BCUT2D eigenvalue weighted by Crippen LogP contribution is -2.36. The topological polar surface area (TPSA) is 94.2 Å². The van der Waals surface area contributed by atoms with E-state index in [-0.39, 0.29) is 30.4 Å². The molecule has 2 aliphatic rings. The SMILES string of the molecule is CCOc1ccc(Br)cc1C(=O)Nc1cccc(Oc2ccc3c(c2)C(=O)N(CC2CCCO2)C3=O)c1. The van der Waals surface area contributed by atoms with Crippen LogP contribution in [0.3, 0.4) is 0 Å². The van der Waals surface area contributed by atoms with Crippen LogP contribution >= 0.6 is 15.9 Å². The summed E-state index contributed by atoms with van der Waals surface area (Å²) in [7, 11) is 0. The van der Waals surface area contributed by atoms with Crippen molar-refractivity contribution >= 4 is 39.3 Å². The molecule has 8 nitrogen and oxygen atoms in total. The average Bonchev–Trinajstić information content (AvgIpc) is 3.48. The van der Waals surface area contributed by atoms with E-state index in [0.29, 0.717) is 52.8 Å². The van der Waals surface area contributed by atoms with Crippen molar-refractivity contribution in [3.63, 3.8) is 0 Å². The van der Waals surface area contributed by atoms with Crippen molar-refractivity contribution in [2.24, 2.45) is 0 Å². The maximum absolute atomic E-state index is 12.9. The number of amides is 3. The summed E-state index contributed by atoms with van der Waals surface area (Å²) >= 11 is 3.39. The van der Waals surface area contributed by atoms with Crippen molar-refractivity contribution in [2.45, 2.75) is 25.9 Å². The molecular weight excluding hydrogens is 540 g/mol. The van der Waals surface area contributed by atoms with E-state index in [2.05, 4.69) is 21.2 Å². The number of imide groups is 1. The highest BCUT2D eigenvalue weighted by atomic mass is 79.9. The molecule has 1 atom stereocenters. The molecule has 3 aromatic carbocycles. The Hall–Kier alpha value is -3.69. The van der Waals surface area contributed by atoms with Crippen LogP contribution in [0.5, 0.6) is 17.2 Å². The third kappa shape index (κ3) is 5.38. The molecule has 0 saturated carbocycles. The molecule has 0 spiro atoms. The molecule has 2 aliphatic heterocycles. The molecule has 3 amide bonds. The van der Waals surface area contributed by atoms with Gasteiger partial charge in [0.25, 0.3) is 17.7 Å². The van der Waals surface area contributed by atoms with Crippen LogP contribution in [0.2, 0.25) is 0 Å². The number of rotatable bonds is 8. The lowest BCUT2D eigenvalue weighted by molar-refractivity contribution is 0.0475. The molecule has 1 saturated heterocycles. The Balaban J connectivity index is 1.30. The van der Waals surface area contributed by atoms with Crippen LogP contribution in [0, 0.1) is 0 Å². The largest absolute Gasteiger partial charge is 0.493 e. The van der Waals surface area contributed by atoms with E-state index in [9.17, 15) is 14.4 Å². The molecule has 0 radical (unpaired) electrons. The Kier molecular flexibility index (Phi) is 7.25. The second-order valence-electron chi connectivity index (χ2n) is 8.72. The summed E-state index contributed by atoms with van der Waals surface area (Å²) in [6, 6.07) is 17.0. The van der Waals surface area contributed by atoms with E-state index >= 15 is 0 Å². The van der Waals surface area contributed by atoms with Gasteiger partial charge in [-0.2, -0.15) is 0 Å². The summed E-state index contributed by atoms with van der Waals surface area (Å²) in [5, 5.41) is 2.87. The van der Waals surface area contributed by atoms with Crippen molar-refractivity contribution in [1.82, 2.24) is 4.90 Å². The number of hydrogen-bond acceptors (Lipinski definition) is 6. The zero-order chi connectivity index (χ0) is 25.9. The number of nitrogens with zero attached hydrogens (tertiary/aromatic N) is 1. The van der Waals surface area contributed by atoms with E-state index < -0.39 is 0 Å². The summed E-state index contributed by atoms with van der Waals surface area (Å²) in [5.74, 6) is 0.376. The third-order valence-electron chi connectivity index (χ3n) is 6.17. The van der Waals surface area contributed by atoms with E-state index in [1.54, 1.807) is 54.6 Å². The lowest BCUT2D eigenvalue weighted by Gasteiger charge is -2.17. The van der Waals surface area contributed by atoms with E-state index in [1.807, 2.05) is 13.0 Å². The van der Waals surface area contributed by atoms with Gasteiger partial charge in [0.05, 0.1) is 35.9 Å². The summed E-state index contributed by atoms with van der Waals surface area (Å²) in [6.45, 7) is 3.20. The number of carbonyl (C=O) groups is 3. The number of ether oxygens (including phenoxy) is 3. The van der Waals surface area contributed by atoms with Crippen LogP contribution in [-0.4, -0.2) is 48.5 Å². The molecule has 2 heterocycles. The number of benzene rings is 3. The molecule has 1 fully saturated rings. The fourth-order valence-corrected chi connectivity index (χ4v) is 4.79. The number of anilines is 1. The van der Waals surface area contributed by atoms with Gasteiger partial charge in [0.1, 0.15) is 17.2 Å². The van der Waals surface area contributed by atoms with Crippen LogP contribution in [0.15, 0.2) is 65.1 Å². The van der Waals surface area contributed by atoms with Crippen LogP contribution in [0.1, 0.15) is 50.8 Å². The van der Waals surface area contributed by atoms with Gasteiger partial charge in [-0.1, -0.05) is 22.0 Å². The van der Waals surface area contributed by atoms with Crippen molar-refractivity contribution in [3.8, 4) is 17.2 Å². The van der Waals surface area contributed by atoms with E-state index in [4.69, 9.17) is 14.2 Å². The Morgan fingerprint density at radius 3 is 2.65 bits per heavy atom. The van der Waals surface area contributed by atoms with Gasteiger partial charge in [-0.3, -0.25) is 19.3 Å². The van der Waals surface area contributed by atoms with E-state index in [1.165, 1.54) is 4.90 Å². The molecule has 5 rings (SSSR count). The highest BCUT2D eigenvalue weighted by Gasteiger charge is 2.37. The third-order valence-corrected chi connectivity index (χ3v) is 6.66. The van der Waals surface area contributed by atoms with Gasteiger partial charge in [0, 0.05) is 22.8 Å². The molecule has 37 heavy (non-hydrogen) atoms. The summed E-state index contributed by atoms with van der Waals surface area (Å²) in [4.78, 5) is 39.9. The van der Waals surface area contributed by atoms with Crippen LogP contribution in [-0.2, 0) is 4.74 Å². The van der Waals surface area contributed by atoms with Gasteiger partial charge < -0.3 is 19.5 Å². The fourth-order valence-electron chi connectivity index (χ4n) is 4.42. The van der Waals surface area contributed by atoms with Crippen LogP contribution in [0.25, 0.3) is 0 Å². The zero-order valence-electron chi connectivity index (χ0n) is 20.2. The summed E-state index contributed by atoms with van der Waals surface area (Å²) in [6.07, 6.45) is 1.66. The van der Waals surface area contributed by atoms with Gasteiger partial charge in [-0.25, -0.2) is 0 Å². The number of nitrogens with one attached hydrogen (secondary N) is 1.